The lowest BCUT2D eigenvalue weighted by molar-refractivity contribution is 0.152. The van der Waals surface area contributed by atoms with Crippen LogP contribution in [0, 0.1) is 17.8 Å². The molecule has 3 saturated carbocycles. The van der Waals surface area contributed by atoms with Crippen molar-refractivity contribution in [3.05, 3.63) is 0 Å². The molecule has 4 atom stereocenters. The summed E-state index contributed by atoms with van der Waals surface area (Å²) in [5.74, 6) is 2.58. The number of nitrogens with one attached hydrogen (secondary N) is 1. The van der Waals surface area contributed by atoms with E-state index in [9.17, 15) is 0 Å². The lowest BCUT2D eigenvalue weighted by Gasteiger charge is -2.44. The zero-order valence-electron chi connectivity index (χ0n) is 10.5. The predicted molar refractivity (Wildman–Crippen MR) is 67.2 cm³/mol. The van der Waals surface area contributed by atoms with E-state index in [0.29, 0.717) is 11.6 Å². The molecule has 92 valence electrons. The van der Waals surface area contributed by atoms with E-state index >= 15 is 0 Å². The minimum absolute atomic E-state index is 0.500. The molecular formula is C14H26N2. The molecule has 3 rings (SSSR count). The predicted octanol–water partition coefficient (Wildman–Crippen LogP) is 2.28. The molecule has 0 spiro atoms. The Morgan fingerprint density at radius 1 is 1.25 bits per heavy atom. The van der Waals surface area contributed by atoms with Crippen molar-refractivity contribution < 1.29 is 0 Å². The van der Waals surface area contributed by atoms with Gasteiger partial charge in [0.2, 0.25) is 0 Å². The highest BCUT2D eigenvalue weighted by Crippen LogP contribution is 2.47. The largest absolute Gasteiger partial charge is 0.327 e. The number of hydrogen-bond donors (Lipinski definition) is 2. The number of hydrogen-bond acceptors (Lipinski definition) is 2. The molecule has 2 bridgehead atoms. The molecule has 2 nitrogen and oxygen atoms in total. The van der Waals surface area contributed by atoms with Crippen LogP contribution < -0.4 is 11.1 Å². The fourth-order valence-corrected chi connectivity index (χ4v) is 4.35. The molecule has 0 aromatic heterocycles. The average molecular weight is 222 g/mol. The number of rotatable bonds is 4. The van der Waals surface area contributed by atoms with Crippen LogP contribution >= 0.6 is 0 Å². The summed E-state index contributed by atoms with van der Waals surface area (Å²) >= 11 is 0. The normalized spacial score (nSPS) is 44.6. The maximum atomic E-state index is 6.35. The SMILES string of the molecule is CCC1(NCC2C3CCC(C3)C2N)CCC1. The molecule has 2 heteroatoms. The van der Waals surface area contributed by atoms with Gasteiger partial charge in [0, 0.05) is 18.1 Å². The first-order valence-corrected chi connectivity index (χ1v) is 7.25. The van der Waals surface area contributed by atoms with Crippen LogP contribution in [0.2, 0.25) is 0 Å². The van der Waals surface area contributed by atoms with Gasteiger partial charge in [0.25, 0.3) is 0 Å². The molecule has 0 amide bonds. The standard InChI is InChI=1S/C14H26N2/c1-2-14(6-3-7-14)16-9-12-10-4-5-11(8-10)13(12)15/h10-13,16H,2-9,15H2,1H3. The Hall–Kier alpha value is -0.0800. The third kappa shape index (κ3) is 1.62. The molecule has 0 aromatic rings. The first-order chi connectivity index (χ1) is 7.74. The zero-order valence-corrected chi connectivity index (χ0v) is 10.5. The zero-order chi connectivity index (χ0) is 11.2. The maximum Gasteiger partial charge on any atom is 0.0179 e. The molecule has 0 heterocycles. The fraction of sp³-hybridized carbons (Fsp3) is 1.00. The van der Waals surface area contributed by atoms with Gasteiger partial charge in [-0.15, -0.1) is 0 Å². The minimum Gasteiger partial charge on any atom is -0.327 e. The van der Waals surface area contributed by atoms with Crippen LogP contribution in [0.5, 0.6) is 0 Å². The molecule has 3 fully saturated rings. The average Bonchev–Trinajstić information content (AvgIpc) is 2.79. The molecular weight excluding hydrogens is 196 g/mol. The maximum absolute atomic E-state index is 6.35. The van der Waals surface area contributed by atoms with Gasteiger partial charge in [-0.3, -0.25) is 0 Å². The summed E-state index contributed by atoms with van der Waals surface area (Å²) in [5.41, 5.74) is 6.86. The lowest BCUT2D eigenvalue weighted by Crippen LogP contribution is -2.54. The van der Waals surface area contributed by atoms with Gasteiger partial charge in [-0.1, -0.05) is 6.92 Å². The van der Waals surface area contributed by atoms with Gasteiger partial charge in [-0.2, -0.15) is 0 Å². The van der Waals surface area contributed by atoms with Crippen LogP contribution in [0.15, 0.2) is 0 Å². The van der Waals surface area contributed by atoms with Crippen LogP contribution in [0.1, 0.15) is 51.9 Å². The summed E-state index contributed by atoms with van der Waals surface area (Å²) in [6.45, 7) is 3.52. The van der Waals surface area contributed by atoms with E-state index in [0.717, 1.165) is 17.8 Å². The molecule has 0 radical (unpaired) electrons. The van der Waals surface area contributed by atoms with E-state index in [-0.39, 0.29) is 0 Å². The Labute approximate surface area is 99.4 Å². The van der Waals surface area contributed by atoms with E-state index in [2.05, 4.69) is 12.2 Å². The minimum atomic E-state index is 0.500. The van der Waals surface area contributed by atoms with Crippen LogP contribution in [0.3, 0.4) is 0 Å². The van der Waals surface area contributed by atoms with Crippen molar-refractivity contribution in [2.45, 2.75) is 63.5 Å². The highest BCUT2D eigenvalue weighted by atomic mass is 15.0. The first-order valence-electron chi connectivity index (χ1n) is 7.25. The van der Waals surface area contributed by atoms with Gasteiger partial charge in [0.05, 0.1) is 0 Å². The Kier molecular flexibility index (Phi) is 2.75. The van der Waals surface area contributed by atoms with E-state index in [4.69, 9.17) is 5.73 Å². The van der Waals surface area contributed by atoms with Gasteiger partial charge >= 0.3 is 0 Å². The van der Waals surface area contributed by atoms with Crippen LogP contribution in [0.4, 0.5) is 0 Å². The molecule has 3 N–H and O–H groups in total. The van der Waals surface area contributed by atoms with Crippen molar-refractivity contribution in [1.29, 1.82) is 0 Å². The second kappa shape index (κ2) is 3.99. The summed E-state index contributed by atoms with van der Waals surface area (Å²) in [6, 6.07) is 0.500. The third-order valence-electron chi connectivity index (χ3n) is 5.86. The molecule has 0 aliphatic heterocycles. The lowest BCUT2D eigenvalue weighted by atomic mass is 9.74. The smallest absolute Gasteiger partial charge is 0.0179 e. The van der Waals surface area contributed by atoms with E-state index < -0.39 is 0 Å². The first kappa shape index (κ1) is 11.0. The van der Waals surface area contributed by atoms with Crippen molar-refractivity contribution in [3.63, 3.8) is 0 Å². The summed E-state index contributed by atoms with van der Waals surface area (Å²) < 4.78 is 0. The Bertz CT molecular complexity index is 252. The summed E-state index contributed by atoms with van der Waals surface area (Å²) in [4.78, 5) is 0. The Morgan fingerprint density at radius 3 is 2.50 bits per heavy atom. The highest BCUT2D eigenvalue weighted by Gasteiger charge is 2.46. The van der Waals surface area contributed by atoms with E-state index in [1.165, 1.54) is 51.5 Å². The monoisotopic (exact) mass is 222 g/mol. The Morgan fingerprint density at radius 2 is 2.00 bits per heavy atom. The van der Waals surface area contributed by atoms with E-state index in [1.807, 2.05) is 0 Å². The summed E-state index contributed by atoms with van der Waals surface area (Å²) in [7, 11) is 0. The van der Waals surface area contributed by atoms with Crippen molar-refractivity contribution in [2.75, 3.05) is 6.54 Å². The van der Waals surface area contributed by atoms with Crippen molar-refractivity contribution in [3.8, 4) is 0 Å². The van der Waals surface area contributed by atoms with Gasteiger partial charge in [0.1, 0.15) is 0 Å². The summed E-state index contributed by atoms with van der Waals surface area (Å²) in [5, 5.41) is 3.86. The number of fused-ring (bicyclic) bond motifs is 2. The molecule has 0 saturated heterocycles. The fourth-order valence-electron chi connectivity index (χ4n) is 4.35. The van der Waals surface area contributed by atoms with Crippen molar-refractivity contribution >= 4 is 0 Å². The van der Waals surface area contributed by atoms with Gasteiger partial charge in [-0.05, 0) is 62.7 Å². The van der Waals surface area contributed by atoms with E-state index in [1.54, 1.807) is 0 Å². The van der Waals surface area contributed by atoms with Gasteiger partial charge in [-0.25, -0.2) is 0 Å². The molecule has 4 unspecified atom stereocenters. The van der Waals surface area contributed by atoms with Crippen LogP contribution in [-0.2, 0) is 0 Å². The molecule has 0 aromatic carbocycles. The topological polar surface area (TPSA) is 38.0 Å². The molecule has 3 aliphatic carbocycles. The third-order valence-corrected chi connectivity index (χ3v) is 5.86. The second-order valence-corrected chi connectivity index (χ2v) is 6.44. The number of nitrogens with two attached hydrogens (primary N) is 1. The molecule has 16 heavy (non-hydrogen) atoms. The molecule has 3 aliphatic rings. The second-order valence-electron chi connectivity index (χ2n) is 6.44. The van der Waals surface area contributed by atoms with Crippen LogP contribution in [0.25, 0.3) is 0 Å². The van der Waals surface area contributed by atoms with Crippen molar-refractivity contribution in [1.82, 2.24) is 5.32 Å². The van der Waals surface area contributed by atoms with Crippen molar-refractivity contribution in [2.24, 2.45) is 23.5 Å². The van der Waals surface area contributed by atoms with Gasteiger partial charge < -0.3 is 11.1 Å². The summed E-state index contributed by atoms with van der Waals surface area (Å²) in [6.07, 6.45) is 9.77. The highest BCUT2D eigenvalue weighted by molar-refractivity contribution is 5.02. The van der Waals surface area contributed by atoms with Crippen LogP contribution in [-0.4, -0.2) is 18.1 Å². The Balaban J connectivity index is 1.55. The quantitative estimate of drug-likeness (QED) is 0.766. The van der Waals surface area contributed by atoms with Gasteiger partial charge in [0.15, 0.2) is 0 Å².